The first kappa shape index (κ1) is 15.0. The van der Waals surface area contributed by atoms with Crippen molar-refractivity contribution < 1.29 is 19.4 Å². The number of unbranched alkanes of at least 4 members (excludes halogenated alkanes) is 2. The van der Waals surface area contributed by atoms with Crippen LogP contribution in [0.15, 0.2) is 24.3 Å². The van der Waals surface area contributed by atoms with Gasteiger partial charge in [-0.25, -0.2) is 0 Å². The molecule has 104 valence electrons. The minimum atomic E-state index is -0.201. The molecule has 0 aliphatic heterocycles. The predicted octanol–water partition coefficient (Wildman–Crippen LogP) is 1.86. The molecule has 0 fully saturated rings. The Morgan fingerprint density at radius 1 is 1.16 bits per heavy atom. The van der Waals surface area contributed by atoms with E-state index >= 15 is 0 Å². The zero-order chi connectivity index (χ0) is 14.1. The summed E-state index contributed by atoms with van der Waals surface area (Å²) in [6.07, 6.45) is 2.87. The fraction of sp³-hybridized carbons (Fsp3) is 0.429. The number of carbonyl (C=O) groups is 2. The van der Waals surface area contributed by atoms with Crippen molar-refractivity contribution in [2.75, 3.05) is 13.7 Å². The van der Waals surface area contributed by atoms with Crippen molar-refractivity contribution in [3.63, 3.8) is 0 Å². The highest BCUT2D eigenvalue weighted by molar-refractivity contribution is 5.94. The van der Waals surface area contributed by atoms with Crippen LogP contribution in [0.2, 0.25) is 0 Å². The van der Waals surface area contributed by atoms with Crippen LogP contribution < -0.4 is 5.32 Å². The Labute approximate surface area is 112 Å². The van der Waals surface area contributed by atoms with Crippen molar-refractivity contribution in [2.24, 2.45) is 0 Å². The highest BCUT2D eigenvalue weighted by Gasteiger charge is 2.04. The average molecular weight is 265 g/mol. The molecule has 0 saturated carbocycles. The molecule has 2 N–H and O–H groups in total. The summed E-state index contributed by atoms with van der Waals surface area (Å²) in [7, 11) is 1.38. The molecule has 0 unspecified atom stereocenters. The van der Waals surface area contributed by atoms with Gasteiger partial charge in [-0.05, 0) is 37.1 Å². The molecule has 5 heteroatoms. The molecule has 0 bridgehead atoms. The summed E-state index contributed by atoms with van der Waals surface area (Å²) < 4.78 is 4.53. The summed E-state index contributed by atoms with van der Waals surface area (Å²) in [5.74, 6) is -0.222. The van der Waals surface area contributed by atoms with Crippen LogP contribution in [0.1, 0.15) is 36.0 Å². The number of carbonyl (C=O) groups excluding carboxylic acids is 2. The second-order valence-corrected chi connectivity index (χ2v) is 4.19. The molecule has 0 aliphatic rings. The predicted molar refractivity (Wildman–Crippen MR) is 70.9 cm³/mol. The monoisotopic (exact) mass is 265 g/mol. The van der Waals surface area contributed by atoms with E-state index in [1.807, 2.05) is 0 Å². The van der Waals surface area contributed by atoms with Crippen LogP contribution in [0.5, 0.6) is 5.75 Å². The van der Waals surface area contributed by atoms with Gasteiger partial charge in [0.2, 0.25) is 0 Å². The van der Waals surface area contributed by atoms with Crippen LogP contribution in [0.25, 0.3) is 0 Å². The van der Waals surface area contributed by atoms with E-state index in [0.717, 1.165) is 19.3 Å². The zero-order valence-electron chi connectivity index (χ0n) is 11.0. The zero-order valence-corrected chi connectivity index (χ0v) is 11.0. The van der Waals surface area contributed by atoms with Gasteiger partial charge in [0.05, 0.1) is 7.11 Å². The summed E-state index contributed by atoms with van der Waals surface area (Å²) in [4.78, 5) is 22.5. The van der Waals surface area contributed by atoms with Gasteiger partial charge in [0.1, 0.15) is 5.75 Å². The molecule has 1 aromatic carbocycles. The van der Waals surface area contributed by atoms with Gasteiger partial charge in [-0.3, -0.25) is 9.59 Å². The first-order valence-electron chi connectivity index (χ1n) is 6.27. The van der Waals surface area contributed by atoms with Gasteiger partial charge in [0.15, 0.2) is 0 Å². The molecule has 5 nitrogen and oxygen atoms in total. The van der Waals surface area contributed by atoms with Gasteiger partial charge >= 0.3 is 5.97 Å². The number of amides is 1. The number of aromatic hydroxyl groups is 1. The standard InChI is InChI=1S/C14H19NO4/c1-19-13(17)5-3-2-4-10-15-14(18)11-6-8-12(16)9-7-11/h6-9,16H,2-5,10H2,1H3,(H,15,18). The van der Waals surface area contributed by atoms with E-state index in [0.29, 0.717) is 18.5 Å². The molecule has 19 heavy (non-hydrogen) atoms. The fourth-order valence-corrected chi connectivity index (χ4v) is 1.59. The lowest BCUT2D eigenvalue weighted by Gasteiger charge is -2.05. The second kappa shape index (κ2) is 8.13. The summed E-state index contributed by atoms with van der Waals surface area (Å²) >= 11 is 0. The third kappa shape index (κ3) is 5.90. The van der Waals surface area contributed by atoms with E-state index in [-0.39, 0.29) is 17.6 Å². The number of benzene rings is 1. The second-order valence-electron chi connectivity index (χ2n) is 4.19. The summed E-state index contributed by atoms with van der Waals surface area (Å²) in [5, 5.41) is 11.9. The van der Waals surface area contributed by atoms with Crippen LogP contribution >= 0.6 is 0 Å². The number of rotatable bonds is 7. The number of phenolic OH excluding ortho intramolecular Hbond substituents is 1. The number of ether oxygens (including phenoxy) is 1. The van der Waals surface area contributed by atoms with Crippen molar-refractivity contribution in [1.29, 1.82) is 0 Å². The Kier molecular flexibility index (Phi) is 6.43. The van der Waals surface area contributed by atoms with E-state index in [9.17, 15) is 9.59 Å². The molecule has 1 amide bonds. The number of nitrogens with one attached hydrogen (secondary N) is 1. The molecule has 0 spiro atoms. The first-order chi connectivity index (χ1) is 9.13. The number of esters is 1. The van der Waals surface area contributed by atoms with Crippen LogP contribution in [0.3, 0.4) is 0 Å². The van der Waals surface area contributed by atoms with Crippen molar-refractivity contribution >= 4 is 11.9 Å². The molecular weight excluding hydrogens is 246 g/mol. The van der Waals surface area contributed by atoms with Gasteiger partial charge in [0.25, 0.3) is 5.91 Å². The van der Waals surface area contributed by atoms with Crippen LogP contribution in [0.4, 0.5) is 0 Å². The highest BCUT2D eigenvalue weighted by atomic mass is 16.5. The van der Waals surface area contributed by atoms with E-state index in [1.54, 1.807) is 12.1 Å². The van der Waals surface area contributed by atoms with E-state index in [1.165, 1.54) is 19.2 Å². The minimum Gasteiger partial charge on any atom is -0.508 e. The summed E-state index contributed by atoms with van der Waals surface area (Å²) in [6.45, 7) is 0.570. The molecule has 0 saturated heterocycles. The number of hydrogen-bond acceptors (Lipinski definition) is 4. The Morgan fingerprint density at radius 3 is 2.47 bits per heavy atom. The molecule has 0 atom stereocenters. The average Bonchev–Trinajstić information content (AvgIpc) is 2.42. The number of methoxy groups -OCH3 is 1. The molecule has 0 aliphatic carbocycles. The minimum absolute atomic E-state index is 0.138. The van der Waals surface area contributed by atoms with Crippen LogP contribution in [-0.2, 0) is 9.53 Å². The maximum Gasteiger partial charge on any atom is 0.305 e. The van der Waals surface area contributed by atoms with Gasteiger partial charge in [-0.2, -0.15) is 0 Å². The Hall–Kier alpha value is -2.04. The van der Waals surface area contributed by atoms with E-state index < -0.39 is 0 Å². The number of phenols is 1. The lowest BCUT2D eigenvalue weighted by atomic mass is 10.2. The Bertz CT molecular complexity index is 414. The SMILES string of the molecule is COC(=O)CCCCCNC(=O)c1ccc(O)cc1. The lowest BCUT2D eigenvalue weighted by molar-refractivity contribution is -0.140. The molecule has 0 radical (unpaired) electrons. The van der Waals surface area contributed by atoms with E-state index in [2.05, 4.69) is 10.1 Å². The topological polar surface area (TPSA) is 75.6 Å². The third-order valence-electron chi connectivity index (χ3n) is 2.70. The lowest BCUT2D eigenvalue weighted by Crippen LogP contribution is -2.24. The summed E-state index contributed by atoms with van der Waals surface area (Å²) in [5.41, 5.74) is 0.521. The largest absolute Gasteiger partial charge is 0.508 e. The normalized spacial score (nSPS) is 9.95. The molecule has 1 aromatic rings. The summed E-state index contributed by atoms with van der Waals surface area (Å²) in [6, 6.07) is 6.10. The molecular formula is C14H19NO4. The first-order valence-corrected chi connectivity index (χ1v) is 6.27. The van der Waals surface area contributed by atoms with Gasteiger partial charge < -0.3 is 15.2 Å². The van der Waals surface area contributed by atoms with Crippen molar-refractivity contribution in [1.82, 2.24) is 5.32 Å². The highest BCUT2D eigenvalue weighted by Crippen LogP contribution is 2.09. The molecule has 1 rings (SSSR count). The quantitative estimate of drug-likeness (QED) is 0.583. The van der Waals surface area contributed by atoms with Crippen molar-refractivity contribution in [3.05, 3.63) is 29.8 Å². The smallest absolute Gasteiger partial charge is 0.305 e. The Morgan fingerprint density at radius 2 is 1.84 bits per heavy atom. The van der Waals surface area contributed by atoms with E-state index in [4.69, 9.17) is 5.11 Å². The molecule has 0 aromatic heterocycles. The van der Waals surface area contributed by atoms with Gasteiger partial charge in [-0.15, -0.1) is 0 Å². The van der Waals surface area contributed by atoms with Crippen LogP contribution in [0, 0.1) is 0 Å². The fourth-order valence-electron chi connectivity index (χ4n) is 1.59. The third-order valence-corrected chi connectivity index (χ3v) is 2.70. The van der Waals surface area contributed by atoms with Gasteiger partial charge in [0, 0.05) is 18.5 Å². The van der Waals surface area contributed by atoms with Crippen molar-refractivity contribution in [3.8, 4) is 5.75 Å². The maximum absolute atomic E-state index is 11.7. The van der Waals surface area contributed by atoms with Gasteiger partial charge in [-0.1, -0.05) is 6.42 Å². The van der Waals surface area contributed by atoms with Crippen LogP contribution in [-0.4, -0.2) is 30.6 Å². The molecule has 0 heterocycles. The maximum atomic E-state index is 11.7. The van der Waals surface area contributed by atoms with Crippen molar-refractivity contribution in [2.45, 2.75) is 25.7 Å². The Balaban J connectivity index is 2.14. The number of hydrogen-bond donors (Lipinski definition) is 2.